The Kier molecular flexibility index (Phi) is 4.17. The number of ether oxygens (including phenoxy) is 2. The smallest absolute Gasteiger partial charge is 0.232 e. The zero-order chi connectivity index (χ0) is 15.6. The van der Waals surface area contributed by atoms with Gasteiger partial charge < -0.3 is 9.47 Å². The molecule has 6 nitrogen and oxygen atoms in total. The van der Waals surface area contributed by atoms with Gasteiger partial charge in [-0.05, 0) is 25.5 Å². The van der Waals surface area contributed by atoms with Crippen LogP contribution in [0.25, 0.3) is 5.69 Å². The van der Waals surface area contributed by atoms with E-state index in [1.54, 1.807) is 10.8 Å². The summed E-state index contributed by atoms with van der Waals surface area (Å²) in [6, 6.07) is 7.32. The molecule has 0 saturated carbocycles. The van der Waals surface area contributed by atoms with Gasteiger partial charge in [0.2, 0.25) is 15.0 Å². The fourth-order valence-corrected chi connectivity index (χ4v) is 4.15. The second-order valence-corrected chi connectivity index (χ2v) is 7.13. The van der Waals surface area contributed by atoms with Gasteiger partial charge in [-0.25, -0.2) is 13.4 Å². The molecule has 0 N–H and O–H groups in total. The molecule has 1 atom stereocenters. The van der Waals surface area contributed by atoms with Gasteiger partial charge >= 0.3 is 0 Å². The van der Waals surface area contributed by atoms with Gasteiger partial charge in [-0.2, -0.15) is 0 Å². The Morgan fingerprint density at radius 1 is 1.41 bits per heavy atom. The van der Waals surface area contributed by atoms with E-state index >= 15 is 0 Å². The maximum absolute atomic E-state index is 12.8. The molecule has 22 heavy (non-hydrogen) atoms. The minimum Gasteiger partial charge on any atom is -0.492 e. The first-order valence-electron chi connectivity index (χ1n) is 7.21. The summed E-state index contributed by atoms with van der Waals surface area (Å²) in [4.78, 5) is 4.07. The lowest BCUT2D eigenvalue weighted by molar-refractivity contribution is 0.198. The Balaban J connectivity index is 2.06. The highest BCUT2D eigenvalue weighted by Gasteiger charge is 2.35. The van der Waals surface area contributed by atoms with Gasteiger partial charge in [-0.3, -0.25) is 4.57 Å². The molecule has 1 unspecified atom stereocenters. The summed E-state index contributed by atoms with van der Waals surface area (Å²) in [6.45, 7) is 3.09. The highest BCUT2D eigenvalue weighted by Crippen LogP contribution is 2.28. The molecule has 0 spiro atoms. The van der Waals surface area contributed by atoms with Crippen molar-refractivity contribution in [1.29, 1.82) is 0 Å². The van der Waals surface area contributed by atoms with Crippen LogP contribution in [0.3, 0.4) is 0 Å². The predicted octanol–water partition coefficient (Wildman–Crippen LogP) is 1.83. The van der Waals surface area contributed by atoms with Gasteiger partial charge in [0.25, 0.3) is 0 Å². The standard InChI is InChI=1S/C15H18N2O4S/c1-2-21-14-6-4-3-5-13(14)17-9-8-16-15(17)22(18,19)12-7-10-20-11-12/h3-6,8-9,12H,2,7,10-11H2,1H3. The van der Waals surface area contributed by atoms with Gasteiger partial charge in [-0.15, -0.1) is 0 Å². The van der Waals surface area contributed by atoms with Crippen molar-refractivity contribution in [3.63, 3.8) is 0 Å². The second kappa shape index (κ2) is 6.10. The molecule has 0 amide bonds. The van der Waals surface area contributed by atoms with E-state index < -0.39 is 15.1 Å². The lowest BCUT2D eigenvalue weighted by Gasteiger charge is -2.15. The molecule has 0 aliphatic carbocycles. The van der Waals surface area contributed by atoms with Crippen molar-refractivity contribution in [3.8, 4) is 11.4 Å². The molecule has 118 valence electrons. The predicted molar refractivity (Wildman–Crippen MR) is 81.1 cm³/mol. The molecular formula is C15H18N2O4S. The van der Waals surface area contributed by atoms with Crippen LogP contribution in [0.15, 0.2) is 41.8 Å². The third-order valence-electron chi connectivity index (χ3n) is 3.61. The lowest BCUT2D eigenvalue weighted by atomic mass is 10.3. The van der Waals surface area contributed by atoms with Crippen LogP contribution in [0.5, 0.6) is 5.75 Å². The molecule has 1 aromatic carbocycles. The number of sulfone groups is 1. The SMILES string of the molecule is CCOc1ccccc1-n1ccnc1S(=O)(=O)C1CCOC1. The second-order valence-electron chi connectivity index (χ2n) is 5.01. The maximum Gasteiger partial charge on any atom is 0.232 e. The monoisotopic (exact) mass is 322 g/mol. The number of benzene rings is 1. The zero-order valence-electron chi connectivity index (χ0n) is 12.3. The minimum absolute atomic E-state index is 0.0372. The van der Waals surface area contributed by atoms with E-state index in [2.05, 4.69) is 4.98 Å². The average molecular weight is 322 g/mol. The Bertz CT molecular complexity index is 748. The molecule has 1 fully saturated rings. The highest BCUT2D eigenvalue weighted by atomic mass is 32.2. The van der Waals surface area contributed by atoms with E-state index in [0.717, 1.165) is 0 Å². The van der Waals surface area contributed by atoms with E-state index in [9.17, 15) is 8.42 Å². The van der Waals surface area contributed by atoms with Crippen molar-refractivity contribution < 1.29 is 17.9 Å². The molecule has 1 aliphatic rings. The van der Waals surface area contributed by atoms with Crippen LogP contribution in [-0.4, -0.2) is 43.0 Å². The average Bonchev–Trinajstić information content (AvgIpc) is 3.20. The first-order valence-corrected chi connectivity index (χ1v) is 8.76. The Labute approximate surface area is 129 Å². The first-order chi connectivity index (χ1) is 10.6. The summed E-state index contributed by atoms with van der Waals surface area (Å²) in [5.74, 6) is 0.627. The number of hydrogen-bond donors (Lipinski definition) is 0. The van der Waals surface area contributed by atoms with Gasteiger partial charge in [-0.1, -0.05) is 12.1 Å². The van der Waals surface area contributed by atoms with Crippen molar-refractivity contribution in [3.05, 3.63) is 36.7 Å². The first kappa shape index (κ1) is 15.1. The van der Waals surface area contributed by atoms with Crippen LogP contribution in [0, 0.1) is 0 Å². The van der Waals surface area contributed by atoms with Crippen molar-refractivity contribution in [2.24, 2.45) is 0 Å². The van der Waals surface area contributed by atoms with Crippen molar-refractivity contribution in [2.75, 3.05) is 19.8 Å². The zero-order valence-corrected chi connectivity index (χ0v) is 13.1. The van der Waals surface area contributed by atoms with Crippen LogP contribution in [0.4, 0.5) is 0 Å². The van der Waals surface area contributed by atoms with Crippen LogP contribution in [0.1, 0.15) is 13.3 Å². The third kappa shape index (κ3) is 2.62. The number of imidazole rings is 1. The Morgan fingerprint density at radius 2 is 2.23 bits per heavy atom. The molecule has 2 aromatic rings. The van der Waals surface area contributed by atoms with Gasteiger partial charge in [0.05, 0.1) is 24.2 Å². The van der Waals surface area contributed by atoms with Crippen molar-refractivity contribution in [2.45, 2.75) is 23.8 Å². The van der Waals surface area contributed by atoms with E-state index in [1.165, 1.54) is 6.20 Å². The molecule has 0 bridgehead atoms. The topological polar surface area (TPSA) is 70.4 Å². The Hall–Kier alpha value is -1.86. The van der Waals surface area contributed by atoms with E-state index in [4.69, 9.17) is 9.47 Å². The fraction of sp³-hybridized carbons (Fsp3) is 0.400. The summed E-state index contributed by atoms with van der Waals surface area (Å²) < 4.78 is 37.9. The summed E-state index contributed by atoms with van der Waals surface area (Å²) in [5, 5.41) is -0.497. The molecule has 1 aliphatic heterocycles. The van der Waals surface area contributed by atoms with Crippen LogP contribution in [-0.2, 0) is 14.6 Å². The molecule has 1 saturated heterocycles. The summed E-state index contributed by atoms with van der Waals surface area (Å²) in [6.07, 6.45) is 3.63. The van der Waals surface area contributed by atoms with Crippen molar-refractivity contribution >= 4 is 9.84 Å². The summed E-state index contributed by atoms with van der Waals surface area (Å²) >= 11 is 0. The van der Waals surface area contributed by atoms with Crippen molar-refractivity contribution in [1.82, 2.24) is 9.55 Å². The van der Waals surface area contributed by atoms with E-state index in [1.807, 2.05) is 31.2 Å². The largest absolute Gasteiger partial charge is 0.492 e. The van der Waals surface area contributed by atoms with E-state index in [0.29, 0.717) is 31.1 Å². The highest BCUT2D eigenvalue weighted by molar-refractivity contribution is 7.91. The molecule has 1 aromatic heterocycles. The van der Waals surface area contributed by atoms with Gasteiger partial charge in [0.15, 0.2) is 0 Å². The number of rotatable bonds is 5. The quantitative estimate of drug-likeness (QED) is 0.840. The molecular weight excluding hydrogens is 304 g/mol. The normalized spacial score (nSPS) is 18.5. The number of hydrogen-bond acceptors (Lipinski definition) is 5. The summed E-state index contributed by atoms with van der Waals surface area (Å²) in [7, 11) is -3.53. The molecule has 3 rings (SSSR count). The van der Waals surface area contributed by atoms with Crippen LogP contribution < -0.4 is 4.74 Å². The fourth-order valence-electron chi connectivity index (χ4n) is 2.52. The molecule has 7 heteroatoms. The summed E-state index contributed by atoms with van der Waals surface area (Å²) in [5.41, 5.74) is 0.666. The van der Waals surface area contributed by atoms with Crippen LogP contribution in [0.2, 0.25) is 0 Å². The van der Waals surface area contributed by atoms with Crippen LogP contribution >= 0.6 is 0 Å². The van der Waals surface area contributed by atoms with Gasteiger partial charge in [0.1, 0.15) is 5.75 Å². The maximum atomic E-state index is 12.8. The number of nitrogens with zero attached hydrogens (tertiary/aromatic N) is 2. The number of aromatic nitrogens is 2. The third-order valence-corrected chi connectivity index (χ3v) is 5.67. The molecule has 2 heterocycles. The Morgan fingerprint density at radius 3 is 2.95 bits per heavy atom. The van der Waals surface area contributed by atoms with Gasteiger partial charge in [0, 0.05) is 19.0 Å². The number of para-hydroxylation sites is 2. The van der Waals surface area contributed by atoms with E-state index in [-0.39, 0.29) is 11.8 Å². The minimum atomic E-state index is -3.53. The lowest BCUT2D eigenvalue weighted by Crippen LogP contribution is -2.24. The molecule has 0 radical (unpaired) electrons.